The Morgan fingerprint density at radius 3 is 2.54 bits per heavy atom. The zero-order chi connectivity index (χ0) is 18.7. The molecule has 0 radical (unpaired) electrons. The molecule has 1 aromatic carbocycles. The van der Waals surface area contributed by atoms with Crippen LogP contribution in [0.4, 0.5) is 0 Å². The maximum Gasteiger partial charge on any atom is 0.262 e. The van der Waals surface area contributed by atoms with Crippen molar-refractivity contribution in [3.63, 3.8) is 0 Å². The quantitative estimate of drug-likeness (QED) is 0.594. The molecule has 3 rings (SSSR count). The van der Waals surface area contributed by atoms with Crippen molar-refractivity contribution in [2.24, 2.45) is 5.92 Å². The summed E-state index contributed by atoms with van der Waals surface area (Å²) in [4.78, 5) is 32.4. The minimum Gasteiger partial charge on any atom is -0.342 e. The SMILES string of the molecule is CC(C)Cn1c(S[C@H](C)C(=O)N2CCCCC2)nc2ccccc2c1=O. The van der Waals surface area contributed by atoms with Crippen molar-refractivity contribution in [3.8, 4) is 0 Å². The third-order valence-electron chi connectivity index (χ3n) is 4.67. The number of thioether (sulfide) groups is 1. The summed E-state index contributed by atoms with van der Waals surface area (Å²) >= 11 is 1.40. The minimum absolute atomic E-state index is 0.0237. The third-order valence-corrected chi connectivity index (χ3v) is 5.75. The molecule has 1 atom stereocenters. The number of benzene rings is 1. The number of likely N-dealkylation sites (tertiary alicyclic amines) is 1. The van der Waals surface area contributed by atoms with Crippen molar-refractivity contribution in [1.29, 1.82) is 0 Å². The fourth-order valence-electron chi connectivity index (χ4n) is 3.34. The van der Waals surface area contributed by atoms with Crippen molar-refractivity contribution in [3.05, 3.63) is 34.6 Å². The van der Waals surface area contributed by atoms with Gasteiger partial charge in [0.25, 0.3) is 5.56 Å². The molecule has 1 fully saturated rings. The molecule has 0 spiro atoms. The number of nitrogens with zero attached hydrogens (tertiary/aromatic N) is 3. The van der Waals surface area contributed by atoms with Gasteiger partial charge in [0.05, 0.1) is 16.2 Å². The van der Waals surface area contributed by atoms with Crippen LogP contribution in [0, 0.1) is 5.92 Å². The van der Waals surface area contributed by atoms with Gasteiger partial charge in [0.1, 0.15) is 0 Å². The van der Waals surface area contributed by atoms with Gasteiger partial charge in [-0.25, -0.2) is 4.98 Å². The summed E-state index contributed by atoms with van der Waals surface area (Å²) in [5, 5.41) is 1.02. The van der Waals surface area contributed by atoms with Crippen molar-refractivity contribution in [1.82, 2.24) is 14.5 Å². The van der Waals surface area contributed by atoms with Crippen LogP contribution < -0.4 is 5.56 Å². The van der Waals surface area contributed by atoms with Crippen LogP contribution in [-0.4, -0.2) is 38.7 Å². The van der Waals surface area contributed by atoms with E-state index >= 15 is 0 Å². The average molecular weight is 374 g/mol. The van der Waals surface area contributed by atoms with Gasteiger partial charge < -0.3 is 4.90 Å². The van der Waals surface area contributed by atoms with Crippen molar-refractivity contribution >= 4 is 28.6 Å². The molecule has 140 valence electrons. The number of hydrogen-bond donors (Lipinski definition) is 0. The lowest BCUT2D eigenvalue weighted by atomic mass is 10.1. The molecule has 26 heavy (non-hydrogen) atoms. The van der Waals surface area contributed by atoms with Gasteiger partial charge in [-0.1, -0.05) is 37.7 Å². The topological polar surface area (TPSA) is 55.2 Å². The van der Waals surface area contributed by atoms with Crippen LogP contribution in [0.5, 0.6) is 0 Å². The van der Waals surface area contributed by atoms with E-state index in [1.54, 1.807) is 4.57 Å². The maximum absolute atomic E-state index is 13.0. The fraction of sp³-hybridized carbons (Fsp3) is 0.550. The van der Waals surface area contributed by atoms with Gasteiger partial charge in [-0.2, -0.15) is 0 Å². The highest BCUT2D eigenvalue weighted by Gasteiger charge is 2.25. The predicted molar refractivity (Wildman–Crippen MR) is 107 cm³/mol. The van der Waals surface area contributed by atoms with E-state index in [0.29, 0.717) is 28.5 Å². The Labute approximate surface area is 158 Å². The number of amides is 1. The number of piperidine rings is 1. The third kappa shape index (κ3) is 4.11. The molecule has 0 aliphatic carbocycles. The van der Waals surface area contributed by atoms with Crippen molar-refractivity contribution in [2.75, 3.05) is 13.1 Å². The standard InChI is InChI=1S/C20H27N3O2S/c1-14(2)13-23-19(25)16-9-5-6-10-17(16)21-20(23)26-15(3)18(24)22-11-7-4-8-12-22/h5-6,9-10,14-15H,4,7-8,11-13H2,1-3H3/t15-/m1/s1. The second-order valence-electron chi connectivity index (χ2n) is 7.37. The Morgan fingerprint density at radius 2 is 1.85 bits per heavy atom. The van der Waals surface area contributed by atoms with Crippen molar-refractivity contribution < 1.29 is 4.79 Å². The second kappa shape index (κ2) is 8.25. The monoisotopic (exact) mass is 373 g/mol. The zero-order valence-corrected chi connectivity index (χ0v) is 16.6. The Morgan fingerprint density at radius 1 is 1.15 bits per heavy atom. The molecular formula is C20H27N3O2S. The van der Waals surface area contributed by atoms with E-state index in [-0.39, 0.29) is 16.7 Å². The molecule has 0 saturated carbocycles. The summed E-state index contributed by atoms with van der Waals surface area (Å²) in [7, 11) is 0. The number of hydrogen-bond acceptors (Lipinski definition) is 4. The zero-order valence-electron chi connectivity index (χ0n) is 15.8. The molecule has 1 aromatic heterocycles. The lowest BCUT2D eigenvalue weighted by Crippen LogP contribution is -2.40. The minimum atomic E-state index is -0.250. The van der Waals surface area contributed by atoms with E-state index in [2.05, 4.69) is 13.8 Å². The van der Waals surface area contributed by atoms with E-state index in [0.717, 1.165) is 25.9 Å². The highest BCUT2D eigenvalue weighted by Crippen LogP contribution is 2.25. The number of carbonyl (C=O) groups excluding carboxylic acids is 1. The Bertz CT molecular complexity index is 841. The first-order chi connectivity index (χ1) is 12.5. The van der Waals surface area contributed by atoms with Gasteiger partial charge >= 0.3 is 0 Å². The van der Waals surface area contributed by atoms with E-state index in [1.165, 1.54) is 18.2 Å². The molecule has 1 aliphatic heterocycles. The van der Waals surface area contributed by atoms with Crippen LogP contribution in [0.1, 0.15) is 40.0 Å². The Hall–Kier alpha value is -1.82. The van der Waals surface area contributed by atoms with E-state index in [9.17, 15) is 9.59 Å². The van der Waals surface area contributed by atoms with Crippen LogP contribution >= 0.6 is 11.8 Å². The Balaban J connectivity index is 1.92. The summed E-state index contributed by atoms with van der Waals surface area (Å²) in [6.07, 6.45) is 3.36. The lowest BCUT2D eigenvalue weighted by molar-refractivity contribution is -0.131. The van der Waals surface area contributed by atoms with Gasteiger partial charge in [0.15, 0.2) is 5.16 Å². The van der Waals surface area contributed by atoms with Crippen LogP contribution in [0.3, 0.4) is 0 Å². The summed E-state index contributed by atoms with van der Waals surface area (Å²) in [5.74, 6) is 0.469. The molecule has 0 bridgehead atoms. The normalized spacial score (nSPS) is 16.2. The van der Waals surface area contributed by atoms with Crippen LogP contribution in [0.25, 0.3) is 10.9 Å². The van der Waals surface area contributed by atoms with Gasteiger partial charge in [0.2, 0.25) is 5.91 Å². The number of carbonyl (C=O) groups is 1. The second-order valence-corrected chi connectivity index (χ2v) is 8.68. The molecule has 2 aromatic rings. The number of aromatic nitrogens is 2. The number of fused-ring (bicyclic) bond motifs is 1. The first kappa shape index (κ1) is 19.0. The van der Waals surface area contributed by atoms with E-state index in [1.807, 2.05) is 36.1 Å². The van der Waals surface area contributed by atoms with Gasteiger partial charge in [-0.3, -0.25) is 14.2 Å². The van der Waals surface area contributed by atoms with Crippen LogP contribution in [-0.2, 0) is 11.3 Å². The Kier molecular flexibility index (Phi) is 6.01. The largest absolute Gasteiger partial charge is 0.342 e. The van der Waals surface area contributed by atoms with Crippen molar-refractivity contribution in [2.45, 2.75) is 57.0 Å². The maximum atomic E-state index is 13.0. The molecule has 1 saturated heterocycles. The molecule has 0 unspecified atom stereocenters. The van der Waals surface area contributed by atoms with E-state index < -0.39 is 0 Å². The summed E-state index contributed by atoms with van der Waals surface area (Å²) in [5.41, 5.74) is 0.669. The summed E-state index contributed by atoms with van der Waals surface area (Å²) < 4.78 is 1.73. The van der Waals surface area contributed by atoms with Gasteiger partial charge in [0, 0.05) is 19.6 Å². The number of para-hydroxylation sites is 1. The molecule has 1 amide bonds. The van der Waals surface area contributed by atoms with Gasteiger partial charge in [-0.15, -0.1) is 0 Å². The molecule has 2 heterocycles. The smallest absolute Gasteiger partial charge is 0.262 e. The average Bonchev–Trinajstić information content (AvgIpc) is 2.64. The number of rotatable bonds is 5. The van der Waals surface area contributed by atoms with Crippen LogP contribution in [0.2, 0.25) is 0 Å². The molecule has 1 aliphatic rings. The molecule has 5 nitrogen and oxygen atoms in total. The first-order valence-corrected chi connectivity index (χ1v) is 10.3. The van der Waals surface area contributed by atoms with Gasteiger partial charge in [-0.05, 0) is 44.2 Å². The van der Waals surface area contributed by atoms with E-state index in [4.69, 9.17) is 4.98 Å². The highest BCUT2D eigenvalue weighted by molar-refractivity contribution is 8.00. The fourth-order valence-corrected chi connectivity index (χ4v) is 4.35. The summed E-state index contributed by atoms with van der Waals surface area (Å²) in [6.45, 7) is 8.37. The molecule has 6 heteroatoms. The molecule has 0 N–H and O–H groups in total. The molecular weight excluding hydrogens is 346 g/mol. The summed E-state index contributed by atoms with van der Waals surface area (Å²) in [6, 6.07) is 7.43. The highest BCUT2D eigenvalue weighted by atomic mass is 32.2. The lowest BCUT2D eigenvalue weighted by Gasteiger charge is -2.29. The van der Waals surface area contributed by atoms with Crippen LogP contribution in [0.15, 0.2) is 34.2 Å². The first-order valence-electron chi connectivity index (χ1n) is 9.42. The predicted octanol–water partition coefficient (Wildman–Crippen LogP) is 3.55.